The summed E-state index contributed by atoms with van der Waals surface area (Å²) < 4.78 is 13.3. The summed E-state index contributed by atoms with van der Waals surface area (Å²) in [5.41, 5.74) is -0.959. The van der Waals surface area contributed by atoms with Crippen molar-refractivity contribution < 1.29 is 19.1 Å². The lowest BCUT2D eigenvalue weighted by molar-refractivity contribution is -0.144. The Hall–Kier alpha value is -1.43. The van der Waals surface area contributed by atoms with Crippen LogP contribution in [0.25, 0.3) is 0 Å². The van der Waals surface area contributed by atoms with Gasteiger partial charge in [-0.15, -0.1) is 0 Å². The Bertz CT molecular complexity index is 527. The van der Waals surface area contributed by atoms with Crippen LogP contribution in [-0.4, -0.2) is 22.5 Å². The number of carboxylic acids is 1. The van der Waals surface area contributed by atoms with Gasteiger partial charge >= 0.3 is 5.97 Å². The van der Waals surface area contributed by atoms with Crippen LogP contribution in [0, 0.1) is 5.82 Å². The number of hydrogen-bond donors (Lipinski definition) is 2. The molecule has 1 aliphatic carbocycles. The first-order valence-electron chi connectivity index (χ1n) is 5.95. The molecule has 1 aromatic rings. The minimum Gasteiger partial charge on any atom is -0.480 e. The van der Waals surface area contributed by atoms with Crippen molar-refractivity contribution in [1.82, 2.24) is 5.32 Å². The summed E-state index contributed by atoms with van der Waals surface area (Å²) in [6.45, 7) is 0. The number of nitrogens with one attached hydrogen (secondary N) is 1. The number of rotatable bonds is 3. The maximum Gasteiger partial charge on any atom is 0.329 e. The van der Waals surface area contributed by atoms with Gasteiger partial charge in [-0.3, -0.25) is 4.79 Å². The van der Waals surface area contributed by atoms with Gasteiger partial charge in [-0.05, 0) is 47.0 Å². The van der Waals surface area contributed by atoms with Gasteiger partial charge in [0, 0.05) is 4.47 Å². The molecule has 1 saturated carbocycles. The number of aliphatic carboxylic acids is 1. The van der Waals surface area contributed by atoms with Crippen molar-refractivity contribution in [3.8, 4) is 0 Å². The van der Waals surface area contributed by atoms with Crippen LogP contribution < -0.4 is 5.32 Å². The number of halogens is 2. The molecule has 0 bridgehead atoms. The summed E-state index contributed by atoms with van der Waals surface area (Å²) in [5.74, 6) is -1.98. The van der Waals surface area contributed by atoms with E-state index < -0.39 is 23.2 Å². The van der Waals surface area contributed by atoms with Crippen LogP contribution in [0.5, 0.6) is 0 Å². The highest BCUT2D eigenvalue weighted by Crippen LogP contribution is 2.30. The molecule has 0 radical (unpaired) electrons. The molecular weight excluding hydrogens is 317 g/mol. The SMILES string of the molecule is O=C(NC1(C(=O)O)CCCC1)c1ccc(F)cc1Br. The van der Waals surface area contributed by atoms with Crippen LogP contribution in [0.1, 0.15) is 36.0 Å². The normalized spacial score (nSPS) is 17.2. The van der Waals surface area contributed by atoms with E-state index in [1.165, 1.54) is 18.2 Å². The molecule has 0 heterocycles. The fourth-order valence-corrected chi connectivity index (χ4v) is 2.86. The van der Waals surface area contributed by atoms with Gasteiger partial charge in [0.25, 0.3) is 5.91 Å². The van der Waals surface area contributed by atoms with Crippen LogP contribution in [0.15, 0.2) is 22.7 Å². The van der Waals surface area contributed by atoms with Crippen LogP contribution in [0.3, 0.4) is 0 Å². The summed E-state index contributed by atoms with van der Waals surface area (Å²) in [6, 6.07) is 3.68. The third-order valence-electron chi connectivity index (χ3n) is 3.40. The zero-order valence-electron chi connectivity index (χ0n) is 10.1. The predicted octanol–water partition coefficient (Wildman–Crippen LogP) is 2.72. The highest BCUT2D eigenvalue weighted by atomic mass is 79.9. The minimum atomic E-state index is -1.19. The predicted molar refractivity (Wildman–Crippen MR) is 70.4 cm³/mol. The first-order chi connectivity index (χ1) is 8.94. The van der Waals surface area contributed by atoms with Crippen molar-refractivity contribution in [2.45, 2.75) is 31.2 Å². The van der Waals surface area contributed by atoms with Gasteiger partial charge in [-0.2, -0.15) is 0 Å². The van der Waals surface area contributed by atoms with Crippen molar-refractivity contribution in [1.29, 1.82) is 0 Å². The molecule has 2 N–H and O–H groups in total. The van der Waals surface area contributed by atoms with Crippen molar-refractivity contribution in [3.05, 3.63) is 34.1 Å². The zero-order chi connectivity index (χ0) is 14.0. The molecule has 19 heavy (non-hydrogen) atoms. The van der Waals surface area contributed by atoms with E-state index in [1.54, 1.807) is 0 Å². The first-order valence-corrected chi connectivity index (χ1v) is 6.75. The number of benzene rings is 1. The Balaban J connectivity index is 2.22. The van der Waals surface area contributed by atoms with Crippen molar-refractivity contribution >= 4 is 27.8 Å². The Morgan fingerprint density at radius 2 is 1.95 bits per heavy atom. The van der Waals surface area contributed by atoms with Gasteiger partial charge in [0.15, 0.2) is 0 Å². The van der Waals surface area contributed by atoms with Crippen molar-refractivity contribution in [3.63, 3.8) is 0 Å². The lowest BCUT2D eigenvalue weighted by Crippen LogP contribution is -2.52. The molecule has 0 unspecified atom stereocenters. The summed E-state index contributed by atoms with van der Waals surface area (Å²) >= 11 is 3.10. The van der Waals surface area contributed by atoms with Gasteiger partial charge in [-0.1, -0.05) is 12.8 Å². The molecule has 1 amide bonds. The largest absolute Gasteiger partial charge is 0.480 e. The minimum absolute atomic E-state index is 0.230. The van der Waals surface area contributed by atoms with Gasteiger partial charge in [0.2, 0.25) is 0 Å². The third-order valence-corrected chi connectivity index (χ3v) is 4.05. The van der Waals surface area contributed by atoms with Crippen LogP contribution >= 0.6 is 15.9 Å². The second kappa shape index (κ2) is 5.28. The number of hydrogen-bond acceptors (Lipinski definition) is 2. The summed E-state index contributed by atoms with van der Waals surface area (Å²) in [5, 5.41) is 11.9. The van der Waals surface area contributed by atoms with Gasteiger partial charge < -0.3 is 10.4 Å². The highest BCUT2D eigenvalue weighted by Gasteiger charge is 2.42. The fourth-order valence-electron chi connectivity index (χ4n) is 2.33. The van der Waals surface area contributed by atoms with E-state index in [4.69, 9.17) is 0 Å². The molecule has 4 nitrogen and oxygen atoms in total. The van der Waals surface area contributed by atoms with Crippen molar-refractivity contribution in [2.24, 2.45) is 0 Å². The lowest BCUT2D eigenvalue weighted by atomic mass is 9.97. The molecular formula is C13H13BrFNO3. The number of carbonyl (C=O) groups excluding carboxylic acids is 1. The Labute approximate surface area is 118 Å². The van der Waals surface area contributed by atoms with E-state index in [-0.39, 0.29) is 5.56 Å². The molecule has 1 fully saturated rings. The van der Waals surface area contributed by atoms with Gasteiger partial charge in [-0.25, -0.2) is 9.18 Å². The molecule has 6 heteroatoms. The molecule has 0 saturated heterocycles. The van der Waals surface area contributed by atoms with Crippen LogP contribution in [0.2, 0.25) is 0 Å². The summed E-state index contributed by atoms with van der Waals surface area (Å²) in [6.07, 6.45) is 2.40. The molecule has 2 rings (SSSR count). The second-order valence-corrected chi connectivity index (χ2v) is 5.53. The van der Waals surface area contributed by atoms with E-state index in [9.17, 15) is 19.1 Å². The Morgan fingerprint density at radius 1 is 1.32 bits per heavy atom. The molecule has 0 spiro atoms. The maximum absolute atomic E-state index is 13.0. The average molecular weight is 330 g/mol. The smallest absolute Gasteiger partial charge is 0.329 e. The van der Waals surface area contributed by atoms with Gasteiger partial charge in [0.1, 0.15) is 11.4 Å². The second-order valence-electron chi connectivity index (χ2n) is 4.67. The fraction of sp³-hybridized carbons (Fsp3) is 0.385. The van der Waals surface area contributed by atoms with Crippen molar-refractivity contribution in [2.75, 3.05) is 0 Å². The zero-order valence-corrected chi connectivity index (χ0v) is 11.7. The van der Waals surface area contributed by atoms with E-state index in [0.29, 0.717) is 17.3 Å². The maximum atomic E-state index is 13.0. The topological polar surface area (TPSA) is 66.4 Å². The molecule has 0 aliphatic heterocycles. The third kappa shape index (κ3) is 2.78. The van der Waals surface area contributed by atoms with Gasteiger partial charge in [0.05, 0.1) is 5.56 Å². The lowest BCUT2D eigenvalue weighted by Gasteiger charge is -2.25. The van der Waals surface area contributed by atoms with Crippen LogP contribution in [-0.2, 0) is 4.79 Å². The standard InChI is InChI=1S/C13H13BrFNO3/c14-10-7-8(15)3-4-9(10)11(17)16-13(12(18)19)5-1-2-6-13/h3-4,7H,1-2,5-6H2,(H,16,17)(H,18,19). The van der Waals surface area contributed by atoms with E-state index >= 15 is 0 Å². The Kier molecular flexibility index (Phi) is 3.89. The molecule has 1 aliphatic rings. The summed E-state index contributed by atoms with van der Waals surface area (Å²) in [4.78, 5) is 23.5. The van der Waals surface area contributed by atoms with E-state index in [0.717, 1.165) is 12.8 Å². The molecule has 102 valence electrons. The quantitative estimate of drug-likeness (QED) is 0.896. The van der Waals surface area contributed by atoms with E-state index in [1.807, 2.05) is 0 Å². The van der Waals surface area contributed by atoms with Crippen LogP contribution in [0.4, 0.5) is 4.39 Å². The molecule has 0 atom stereocenters. The Morgan fingerprint density at radius 3 is 2.47 bits per heavy atom. The summed E-state index contributed by atoms with van der Waals surface area (Å²) in [7, 11) is 0. The molecule has 0 aromatic heterocycles. The highest BCUT2D eigenvalue weighted by molar-refractivity contribution is 9.10. The number of amides is 1. The number of carbonyl (C=O) groups is 2. The monoisotopic (exact) mass is 329 g/mol. The number of carboxylic acid groups (broad SMARTS) is 1. The molecule has 1 aromatic carbocycles. The average Bonchev–Trinajstić information content (AvgIpc) is 2.78. The van der Waals surface area contributed by atoms with E-state index in [2.05, 4.69) is 21.2 Å². The first kappa shape index (κ1) is 14.0.